The lowest BCUT2D eigenvalue weighted by molar-refractivity contribution is -0.121. The molecule has 1 fully saturated rings. The maximum Gasteiger partial charge on any atom is 0.146 e. The summed E-state index contributed by atoms with van der Waals surface area (Å²) in [6, 6.07) is 0. The van der Waals surface area contributed by atoms with E-state index in [0.29, 0.717) is 12.3 Å². The van der Waals surface area contributed by atoms with E-state index in [0.717, 1.165) is 25.9 Å². The van der Waals surface area contributed by atoms with Crippen molar-refractivity contribution in [2.75, 3.05) is 19.6 Å². The molecule has 1 heterocycles. The molecule has 0 saturated carbocycles. The minimum Gasteiger partial charge on any atom is -0.298 e. The number of likely N-dealkylation sites (tertiary alicyclic amines) is 1. The van der Waals surface area contributed by atoms with Crippen LogP contribution in [0.2, 0.25) is 0 Å². The highest BCUT2D eigenvalue weighted by Crippen LogP contribution is 2.03. The maximum absolute atomic E-state index is 10.8. The number of nitrogens with zero attached hydrogens (tertiary/aromatic N) is 1. The van der Waals surface area contributed by atoms with Crippen LogP contribution in [-0.2, 0) is 4.79 Å². The highest BCUT2D eigenvalue weighted by atomic mass is 16.1. The number of carbonyl (C=O) groups excluding carboxylic acids is 1. The molecule has 0 atom stereocenters. The van der Waals surface area contributed by atoms with E-state index in [9.17, 15) is 4.79 Å². The molecule has 0 unspecified atom stereocenters. The van der Waals surface area contributed by atoms with E-state index in [4.69, 9.17) is 0 Å². The Morgan fingerprint density at radius 2 is 2.44 bits per heavy atom. The Labute approximate surface area is 55.8 Å². The molecule has 2 heteroatoms. The summed E-state index contributed by atoms with van der Waals surface area (Å²) in [7, 11) is 0. The van der Waals surface area contributed by atoms with E-state index in [1.807, 2.05) is 0 Å². The average Bonchev–Trinajstić information content (AvgIpc) is 1.88. The molecule has 1 saturated heterocycles. The van der Waals surface area contributed by atoms with Gasteiger partial charge in [-0.15, -0.1) is 0 Å². The zero-order chi connectivity index (χ0) is 6.69. The van der Waals surface area contributed by atoms with Crippen LogP contribution in [0.3, 0.4) is 0 Å². The molecule has 1 aliphatic rings. The molecule has 0 aromatic carbocycles. The van der Waals surface area contributed by atoms with Gasteiger partial charge in [0.1, 0.15) is 5.78 Å². The zero-order valence-electron chi connectivity index (χ0n) is 5.60. The predicted molar refractivity (Wildman–Crippen MR) is 36.0 cm³/mol. The van der Waals surface area contributed by atoms with Crippen molar-refractivity contribution in [2.45, 2.75) is 12.8 Å². The van der Waals surface area contributed by atoms with Crippen LogP contribution < -0.4 is 0 Å². The van der Waals surface area contributed by atoms with E-state index < -0.39 is 0 Å². The summed E-state index contributed by atoms with van der Waals surface area (Å²) in [5, 5.41) is 0. The Balaban J connectivity index is 2.32. The number of ketones is 1. The number of rotatable bonds is 1. The zero-order valence-corrected chi connectivity index (χ0v) is 5.60. The van der Waals surface area contributed by atoms with Crippen molar-refractivity contribution in [1.82, 2.24) is 4.90 Å². The highest BCUT2D eigenvalue weighted by molar-refractivity contribution is 5.81. The smallest absolute Gasteiger partial charge is 0.146 e. The third-order valence-electron chi connectivity index (χ3n) is 1.65. The third-order valence-corrected chi connectivity index (χ3v) is 1.65. The molecule has 1 rings (SSSR count). The number of carbonyl (C=O) groups is 1. The lowest BCUT2D eigenvalue weighted by Crippen LogP contribution is -2.35. The topological polar surface area (TPSA) is 20.3 Å². The van der Waals surface area contributed by atoms with Crippen molar-refractivity contribution >= 4 is 5.78 Å². The first kappa shape index (κ1) is 6.75. The fraction of sp³-hybridized carbons (Fsp3) is 0.714. The highest BCUT2D eigenvalue weighted by Gasteiger charge is 2.13. The quantitative estimate of drug-likeness (QED) is 0.509. The predicted octanol–water partition coefficient (Wildman–Crippen LogP) is 0.485. The second-order valence-corrected chi connectivity index (χ2v) is 2.42. The molecule has 0 bridgehead atoms. The Hall–Kier alpha value is -0.370. The van der Waals surface area contributed by atoms with Gasteiger partial charge in [0.05, 0.1) is 6.54 Å². The fourth-order valence-corrected chi connectivity index (χ4v) is 1.10. The Bertz CT molecular complexity index is 111. The summed E-state index contributed by atoms with van der Waals surface area (Å²) in [4.78, 5) is 12.8. The van der Waals surface area contributed by atoms with Gasteiger partial charge >= 0.3 is 0 Å². The number of Topliss-reactive ketones (excluding diaryl/α,β-unsaturated/α-hetero) is 1. The fourth-order valence-electron chi connectivity index (χ4n) is 1.10. The molecular weight excluding hydrogens is 114 g/mol. The third kappa shape index (κ3) is 1.79. The second kappa shape index (κ2) is 2.97. The molecule has 1 radical (unpaired) electrons. The van der Waals surface area contributed by atoms with Gasteiger partial charge in [-0.2, -0.15) is 0 Å². The largest absolute Gasteiger partial charge is 0.298 e. The van der Waals surface area contributed by atoms with Crippen LogP contribution in [0.25, 0.3) is 0 Å². The lowest BCUT2D eigenvalue weighted by Gasteiger charge is -2.23. The summed E-state index contributed by atoms with van der Waals surface area (Å²) in [5.74, 6) is 0.366. The van der Waals surface area contributed by atoms with Gasteiger partial charge in [-0.1, -0.05) is 0 Å². The van der Waals surface area contributed by atoms with E-state index in [2.05, 4.69) is 11.8 Å². The summed E-state index contributed by atoms with van der Waals surface area (Å²) < 4.78 is 0. The standard InChI is InChI=1S/C7H12NO/c1-2-8-5-3-4-7(9)6-8/h1-6H2. The van der Waals surface area contributed by atoms with Crippen molar-refractivity contribution in [1.29, 1.82) is 0 Å². The maximum atomic E-state index is 10.8. The van der Waals surface area contributed by atoms with E-state index >= 15 is 0 Å². The van der Waals surface area contributed by atoms with Crippen LogP contribution in [0, 0.1) is 6.92 Å². The monoisotopic (exact) mass is 126 g/mol. The molecule has 0 spiro atoms. The summed E-state index contributed by atoms with van der Waals surface area (Å²) in [6.45, 7) is 6.17. The average molecular weight is 126 g/mol. The molecular formula is C7H12NO. The van der Waals surface area contributed by atoms with E-state index in [1.165, 1.54) is 0 Å². The lowest BCUT2D eigenvalue weighted by atomic mass is 10.1. The van der Waals surface area contributed by atoms with Crippen LogP contribution in [0.5, 0.6) is 0 Å². The van der Waals surface area contributed by atoms with Crippen molar-refractivity contribution in [3.05, 3.63) is 6.92 Å². The first-order chi connectivity index (χ1) is 4.33. The van der Waals surface area contributed by atoms with Crippen molar-refractivity contribution in [3.8, 4) is 0 Å². The van der Waals surface area contributed by atoms with Gasteiger partial charge in [0.15, 0.2) is 0 Å². The van der Waals surface area contributed by atoms with Gasteiger partial charge in [-0.3, -0.25) is 9.69 Å². The number of hydrogen-bond donors (Lipinski definition) is 0. The van der Waals surface area contributed by atoms with Crippen LogP contribution in [0.15, 0.2) is 0 Å². The van der Waals surface area contributed by atoms with Gasteiger partial charge in [0, 0.05) is 6.42 Å². The molecule has 0 aliphatic carbocycles. The SMILES string of the molecule is [CH2]CN1CCCC(=O)C1. The van der Waals surface area contributed by atoms with Crippen LogP contribution in [0.1, 0.15) is 12.8 Å². The van der Waals surface area contributed by atoms with Crippen molar-refractivity contribution in [3.63, 3.8) is 0 Å². The minimum atomic E-state index is 0.366. The molecule has 0 aromatic heterocycles. The molecule has 9 heavy (non-hydrogen) atoms. The summed E-state index contributed by atoms with van der Waals surface area (Å²) in [6.07, 6.45) is 1.80. The minimum absolute atomic E-state index is 0.366. The molecule has 0 amide bonds. The Morgan fingerprint density at radius 1 is 1.67 bits per heavy atom. The van der Waals surface area contributed by atoms with Crippen LogP contribution in [0.4, 0.5) is 0 Å². The van der Waals surface area contributed by atoms with Crippen molar-refractivity contribution < 1.29 is 4.79 Å². The van der Waals surface area contributed by atoms with Gasteiger partial charge in [-0.25, -0.2) is 0 Å². The van der Waals surface area contributed by atoms with E-state index in [1.54, 1.807) is 0 Å². The molecule has 51 valence electrons. The van der Waals surface area contributed by atoms with Gasteiger partial charge in [0.25, 0.3) is 0 Å². The normalized spacial score (nSPS) is 22.6. The Morgan fingerprint density at radius 3 is 2.89 bits per heavy atom. The molecule has 2 nitrogen and oxygen atoms in total. The van der Waals surface area contributed by atoms with Crippen molar-refractivity contribution in [2.24, 2.45) is 0 Å². The van der Waals surface area contributed by atoms with Gasteiger partial charge < -0.3 is 0 Å². The van der Waals surface area contributed by atoms with Crippen LogP contribution >= 0.6 is 0 Å². The summed E-state index contributed by atoms with van der Waals surface area (Å²) in [5.41, 5.74) is 0. The summed E-state index contributed by atoms with van der Waals surface area (Å²) >= 11 is 0. The number of hydrogen-bond acceptors (Lipinski definition) is 2. The first-order valence-electron chi connectivity index (χ1n) is 3.36. The van der Waals surface area contributed by atoms with Crippen LogP contribution in [-0.4, -0.2) is 30.3 Å². The second-order valence-electron chi connectivity index (χ2n) is 2.42. The Kier molecular flexibility index (Phi) is 2.22. The molecule has 0 N–H and O–H groups in total. The van der Waals surface area contributed by atoms with Gasteiger partial charge in [0.2, 0.25) is 0 Å². The molecule has 0 aromatic rings. The molecule has 1 aliphatic heterocycles. The van der Waals surface area contributed by atoms with E-state index in [-0.39, 0.29) is 0 Å². The van der Waals surface area contributed by atoms with Gasteiger partial charge in [-0.05, 0) is 26.4 Å². The first-order valence-corrected chi connectivity index (χ1v) is 3.36. The number of piperidine rings is 1.